The van der Waals surface area contributed by atoms with Gasteiger partial charge in [0.05, 0.1) is 5.69 Å². The van der Waals surface area contributed by atoms with E-state index in [1.54, 1.807) is 4.90 Å². The SMILES string of the molecule is CC(=O)N(CC(=O)Nc1ccc(C(C)(C)C)cc1)c1c(C)cccc1C(C)C. The first-order valence-corrected chi connectivity index (χ1v) is 9.78. The van der Waals surface area contributed by atoms with Gasteiger partial charge in [0, 0.05) is 12.6 Å². The molecule has 4 heteroatoms. The van der Waals surface area contributed by atoms with Crippen LogP contribution in [0.2, 0.25) is 0 Å². The smallest absolute Gasteiger partial charge is 0.244 e. The van der Waals surface area contributed by atoms with Crippen molar-refractivity contribution in [2.45, 2.75) is 59.8 Å². The summed E-state index contributed by atoms with van der Waals surface area (Å²) in [5.41, 5.74) is 4.89. The summed E-state index contributed by atoms with van der Waals surface area (Å²) in [6.07, 6.45) is 0. The normalized spacial score (nSPS) is 11.4. The van der Waals surface area contributed by atoms with Gasteiger partial charge in [0.1, 0.15) is 6.54 Å². The number of hydrogen-bond acceptors (Lipinski definition) is 2. The molecule has 2 aromatic carbocycles. The first kappa shape index (κ1) is 21.7. The van der Waals surface area contributed by atoms with Crippen LogP contribution in [0.15, 0.2) is 42.5 Å². The maximum absolute atomic E-state index is 12.7. The molecule has 2 rings (SSSR count). The Labute approximate surface area is 169 Å². The lowest BCUT2D eigenvalue weighted by Gasteiger charge is -2.27. The van der Waals surface area contributed by atoms with Crippen molar-refractivity contribution in [2.24, 2.45) is 0 Å². The average molecular weight is 381 g/mol. The fourth-order valence-electron chi connectivity index (χ4n) is 3.26. The second kappa shape index (κ2) is 8.59. The highest BCUT2D eigenvalue weighted by atomic mass is 16.2. The molecule has 0 heterocycles. The highest BCUT2D eigenvalue weighted by molar-refractivity contribution is 6.02. The van der Waals surface area contributed by atoms with E-state index in [4.69, 9.17) is 0 Å². The minimum absolute atomic E-state index is 0.0130. The van der Waals surface area contributed by atoms with Gasteiger partial charge in [-0.25, -0.2) is 0 Å². The van der Waals surface area contributed by atoms with E-state index in [1.807, 2.05) is 49.4 Å². The maximum Gasteiger partial charge on any atom is 0.244 e. The van der Waals surface area contributed by atoms with Crippen LogP contribution in [0.25, 0.3) is 0 Å². The quantitative estimate of drug-likeness (QED) is 0.754. The van der Waals surface area contributed by atoms with Crippen molar-refractivity contribution in [1.82, 2.24) is 0 Å². The summed E-state index contributed by atoms with van der Waals surface area (Å²) < 4.78 is 0. The first-order valence-electron chi connectivity index (χ1n) is 9.78. The molecule has 0 radical (unpaired) electrons. The third-order valence-electron chi connectivity index (χ3n) is 4.88. The molecule has 0 aromatic heterocycles. The van der Waals surface area contributed by atoms with Crippen LogP contribution in [0.1, 0.15) is 64.2 Å². The number of nitrogens with one attached hydrogen (secondary N) is 1. The fourth-order valence-corrected chi connectivity index (χ4v) is 3.26. The number of aryl methyl sites for hydroxylation is 1. The molecular formula is C24H32N2O2. The zero-order chi connectivity index (χ0) is 21.1. The van der Waals surface area contributed by atoms with Gasteiger partial charge >= 0.3 is 0 Å². The summed E-state index contributed by atoms with van der Waals surface area (Å²) in [6.45, 7) is 14.1. The van der Waals surface area contributed by atoms with Crippen LogP contribution < -0.4 is 10.2 Å². The van der Waals surface area contributed by atoms with Gasteiger partial charge in [-0.15, -0.1) is 0 Å². The molecule has 0 aliphatic heterocycles. The monoisotopic (exact) mass is 380 g/mol. The fraction of sp³-hybridized carbons (Fsp3) is 0.417. The lowest BCUT2D eigenvalue weighted by molar-refractivity contribution is -0.120. The van der Waals surface area contributed by atoms with E-state index < -0.39 is 0 Å². The number of carbonyl (C=O) groups excluding carboxylic acids is 2. The second-order valence-corrected chi connectivity index (χ2v) is 8.65. The highest BCUT2D eigenvalue weighted by Gasteiger charge is 2.22. The van der Waals surface area contributed by atoms with Crippen LogP contribution in [0.5, 0.6) is 0 Å². The molecule has 0 aliphatic carbocycles. The standard InChI is InChI=1S/C24H32N2O2/c1-16(2)21-10-8-9-17(3)23(21)26(18(4)27)15-22(28)25-20-13-11-19(12-14-20)24(5,6)7/h8-14,16H,15H2,1-7H3,(H,25,28). The molecule has 1 N–H and O–H groups in total. The molecule has 0 aliphatic rings. The van der Waals surface area contributed by atoms with Gasteiger partial charge in [0.2, 0.25) is 11.8 Å². The highest BCUT2D eigenvalue weighted by Crippen LogP contribution is 2.31. The molecule has 4 nitrogen and oxygen atoms in total. The van der Waals surface area contributed by atoms with E-state index >= 15 is 0 Å². The van der Waals surface area contributed by atoms with Crippen molar-refractivity contribution < 1.29 is 9.59 Å². The lowest BCUT2D eigenvalue weighted by atomic mass is 9.87. The minimum atomic E-state index is -0.211. The van der Waals surface area contributed by atoms with Gasteiger partial charge in [-0.2, -0.15) is 0 Å². The third kappa shape index (κ3) is 5.22. The predicted molar refractivity (Wildman–Crippen MR) is 117 cm³/mol. The topological polar surface area (TPSA) is 49.4 Å². The summed E-state index contributed by atoms with van der Waals surface area (Å²) in [5.74, 6) is -0.101. The van der Waals surface area contributed by atoms with Gasteiger partial charge in [-0.05, 0) is 47.1 Å². The Morgan fingerprint density at radius 3 is 2.14 bits per heavy atom. The van der Waals surface area contributed by atoms with E-state index in [0.717, 1.165) is 22.5 Å². The lowest BCUT2D eigenvalue weighted by Crippen LogP contribution is -2.37. The molecule has 0 unspecified atom stereocenters. The second-order valence-electron chi connectivity index (χ2n) is 8.65. The predicted octanol–water partition coefficient (Wildman–Crippen LogP) is 5.41. The van der Waals surface area contributed by atoms with E-state index in [-0.39, 0.29) is 29.7 Å². The summed E-state index contributed by atoms with van der Waals surface area (Å²) in [5, 5.41) is 2.91. The summed E-state index contributed by atoms with van der Waals surface area (Å²) in [6, 6.07) is 13.8. The van der Waals surface area contributed by atoms with Gasteiger partial charge < -0.3 is 10.2 Å². The Hall–Kier alpha value is -2.62. The Kier molecular flexibility index (Phi) is 6.65. The van der Waals surface area contributed by atoms with Crippen LogP contribution in [-0.4, -0.2) is 18.4 Å². The number of para-hydroxylation sites is 1. The molecule has 0 saturated heterocycles. The van der Waals surface area contributed by atoms with E-state index in [0.29, 0.717) is 0 Å². The number of carbonyl (C=O) groups is 2. The van der Waals surface area contributed by atoms with Gasteiger partial charge in [-0.3, -0.25) is 9.59 Å². The van der Waals surface area contributed by atoms with Crippen molar-refractivity contribution in [1.29, 1.82) is 0 Å². The molecular weight excluding hydrogens is 348 g/mol. The van der Waals surface area contributed by atoms with Crippen molar-refractivity contribution in [3.8, 4) is 0 Å². The van der Waals surface area contributed by atoms with Crippen molar-refractivity contribution in [2.75, 3.05) is 16.8 Å². The summed E-state index contributed by atoms with van der Waals surface area (Å²) in [4.78, 5) is 26.6. The summed E-state index contributed by atoms with van der Waals surface area (Å²) in [7, 11) is 0. The van der Waals surface area contributed by atoms with Crippen molar-refractivity contribution in [3.05, 3.63) is 59.2 Å². The van der Waals surface area contributed by atoms with Crippen LogP contribution in [0.4, 0.5) is 11.4 Å². The zero-order valence-corrected chi connectivity index (χ0v) is 18.1. The summed E-state index contributed by atoms with van der Waals surface area (Å²) >= 11 is 0. The first-order chi connectivity index (χ1) is 13.0. The molecule has 0 spiro atoms. The molecule has 150 valence electrons. The van der Waals surface area contributed by atoms with E-state index in [2.05, 4.69) is 39.9 Å². The number of anilines is 2. The number of rotatable bonds is 5. The molecule has 0 atom stereocenters. The maximum atomic E-state index is 12.7. The Morgan fingerprint density at radius 2 is 1.64 bits per heavy atom. The molecule has 2 amide bonds. The van der Waals surface area contributed by atoms with Gasteiger partial charge in [0.15, 0.2) is 0 Å². The zero-order valence-electron chi connectivity index (χ0n) is 18.1. The molecule has 0 saturated carbocycles. The molecule has 0 fully saturated rings. The Morgan fingerprint density at radius 1 is 1.04 bits per heavy atom. The molecule has 0 bridgehead atoms. The largest absolute Gasteiger partial charge is 0.325 e. The number of amides is 2. The number of nitrogens with zero attached hydrogens (tertiary/aromatic N) is 1. The Balaban J connectivity index is 2.22. The van der Waals surface area contributed by atoms with Gasteiger partial charge in [0.25, 0.3) is 0 Å². The van der Waals surface area contributed by atoms with Crippen molar-refractivity contribution in [3.63, 3.8) is 0 Å². The van der Waals surface area contributed by atoms with Crippen LogP contribution in [0.3, 0.4) is 0 Å². The molecule has 28 heavy (non-hydrogen) atoms. The van der Waals surface area contributed by atoms with E-state index in [1.165, 1.54) is 12.5 Å². The number of hydrogen-bond donors (Lipinski definition) is 1. The minimum Gasteiger partial charge on any atom is -0.325 e. The Bertz CT molecular complexity index is 846. The number of benzene rings is 2. The van der Waals surface area contributed by atoms with Crippen LogP contribution in [-0.2, 0) is 15.0 Å². The van der Waals surface area contributed by atoms with E-state index in [9.17, 15) is 9.59 Å². The third-order valence-corrected chi connectivity index (χ3v) is 4.88. The van der Waals surface area contributed by atoms with Gasteiger partial charge in [-0.1, -0.05) is 65.0 Å². The molecule has 2 aromatic rings. The van der Waals surface area contributed by atoms with Crippen LogP contribution in [0, 0.1) is 6.92 Å². The average Bonchev–Trinajstić information content (AvgIpc) is 2.59. The van der Waals surface area contributed by atoms with Crippen LogP contribution >= 0.6 is 0 Å². The van der Waals surface area contributed by atoms with Crippen molar-refractivity contribution >= 4 is 23.2 Å².